The lowest BCUT2D eigenvalue weighted by Crippen LogP contribution is -2.53. The van der Waals surface area contributed by atoms with Gasteiger partial charge in [-0.3, -0.25) is 4.90 Å². The minimum absolute atomic E-state index is 0.294. The smallest absolute Gasteiger partial charge is 0.183 e. The van der Waals surface area contributed by atoms with Crippen LogP contribution in [0.3, 0.4) is 0 Å². The van der Waals surface area contributed by atoms with Crippen molar-refractivity contribution in [2.24, 2.45) is 0 Å². The first-order valence-corrected chi connectivity index (χ1v) is 10.6. The third-order valence-corrected chi connectivity index (χ3v) is 7.26. The van der Waals surface area contributed by atoms with Gasteiger partial charge >= 0.3 is 0 Å². The number of sulfone groups is 1. The molecule has 2 aliphatic heterocycles. The Hall–Kier alpha value is -1.89. The van der Waals surface area contributed by atoms with Crippen molar-refractivity contribution < 1.29 is 13.2 Å². The largest absolute Gasteiger partial charge is 0.378 e. The summed E-state index contributed by atoms with van der Waals surface area (Å²) >= 11 is 0. The van der Waals surface area contributed by atoms with Crippen LogP contribution in [0.4, 0.5) is 5.69 Å². The number of anilines is 1. The van der Waals surface area contributed by atoms with E-state index in [1.165, 1.54) is 11.3 Å². The average molecular weight is 372 g/mol. The van der Waals surface area contributed by atoms with Gasteiger partial charge in [0.2, 0.25) is 0 Å². The van der Waals surface area contributed by atoms with Crippen LogP contribution < -0.4 is 4.90 Å². The first-order chi connectivity index (χ1) is 12.6. The van der Waals surface area contributed by atoms with Crippen LogP contribution in [0.15, 0.2) is 59.5 Å². The molecule has 5 nitrogen and oxygen atoms in total. The van der Waals surface area contributed by atoms with Crippen LogP contribution in [0.2, 0.25) is 0 Å². The van der Waals surface area contributed by atoms with Gasteiger partial charge in [-0.25, -0.2) is 8.42 Å². The molecule has 0 N–H and O–H groups in total. The molecule has 2 heterocycles. The lowest BCUT2D eigenvalue weighted by Gasteiger charge is -2.38. The Morgan fingerprint density at radius 1 is 0.923 bits per heavy atom. The fraction of sp³-hybridized carbons (Fsp3) is 0.400. The molecule has 0 amide bonds. The highest BCUT2D eigenvalue weighted by Gasteiger charge is 2.37. The molecule has 2 fully saturated rings. The summed E-state index contributed by atoms with van der Waals surface area (Å²) in [7, 11) is -3.21. The van der Waals surface area contributed by atoms with E-state index in [1.807, 2.05) is 6.07 Å². The van der Waals surface area contributed by atoms with E-state index < -0.39 is 9.84 Å². The average Bonchev–Trinajstić information content (AvgIpc) is 2.66. The highest BCUT2D eigenvalue weighted by molar-refractivity contribution is 7.92. The minimum atomic E-state index is -3.21. The van der Waals surface area contributed by atoms with Crippen LogP contribution in [0.5, 0.6) is 0 Å². The van der Waals surface area contributed by atoms with Gasteiger partial charge in [-0.1, -0.05) is 30.3 Å². The van der Waals surface area contributed by atoms with E-state index in [0.29, 0.717) is 18.0 Å². The van der Waals surface area contributed by atoms with Crippen molar-refractivity contribution in [1.82, 2.24) is 4.90 Å². The molecule has 138 valence electrons. The topological polar surface area (TPSA) is 49.9 Å². The summed E-state index contributed by atoms with van der Waals surface area (Å²) in [5, 5.41) is -0.294. The highest BCUT2D eigenvalue weighted by atomic mass is 32.2. The van der Waals surface area contributed by atoms with Crippen LogP contribution in [0.25, 0.3) is 0 Å². The van der Waals surface area contributed by atoms with Gasteiger partial charge in [0.25, 0.3) is 0 Å². The maximum Gasteiger partial charge on any atom is 0.183 e. The standard InChI is InChI=1S/C20H24N2O3S/c23-26(24,19-4-2-1-3-5-19)20-15-21(16-20)14-17-6-8-18(9-7-17)22-10-12-25-13-11-22/h1-9,20H,10-16H2. The Labute approximate surface area is 155 Å². The lowest BCUT2D eigenvalue weighted by atomic mass is 10.1. The van der Waals surface area contributed by atoms with E-state index in [-0.39, 0.29) is 5.25 Å². The first-order valence-electron chi connectivity index (χ1n) is 9.06. The summed E-state index contributed by atoms with van der Waals surface area (Å²) in [6.45, 7) is 5.43. The third-order valence-electron chi connectivity index (χ3n) is 5.15. The van der Waals surface area contributed by atoms with Crippen molar-refractivity contribution in [1.29, 1.82) is 0 Å². The molecule has 2 aromatic rings. The summed E-state index contributed by atoms with van der Waals surface area (Å²) in [4.78, 5) is 4.95. The quantitative estimate of drug-likeness (QED) is 0.805. The number of rotatable bonds is 5. The summed E-state index contributed by atoms with van der Waals surface area (Å²) in [6, 6.07) is 17.3. The van der Waals surface area contributed by atoms with Crippen molar-refractivity contribution in [3.63, 3.8) is 0 Å². The first kappa shape index (κ1) is 17.5. The predicted octanol–water partition coefficient (Wildman–Crippen LogP) is 2.18. The molecular formula is C20H24N2O3S. The summed E-state index contributed by atoms with van der Waals surface area (Å²) < 4.78 is 30.6. The SMILES string of the molecule is O=S(=O)(c1ccccc1)C1CN(Cc2ccc(N3CCOCC3)cc2)C1. The monoisotopic (exact) mass is 372 g/mol. The fourth-order valence-corrected chi connectivity index (χ4v) is 5.28. The molecule has 0 aliphatic carbocycles. The second kappa shape index (κ2) is 7.39. The zero-order chi connectivity index (χ0) is 18.0. The van der Waals surface area contributed by atoms with E-state index in [9.17, 15) is 8.42 Å². The van der Waals surface area contributed by atoms with Crippen molar-refractivity contribution in [3.8, 4) is 0 Å². The van der Waals surface area contributed by atoms with Gasteiger partial charge in [0, 0.05) is 38.4 Å². The number of hydrogen-bond acceptors (Lipinski definition) is 5. The van der Waals surface area contributed by atoms with Crippen LogP contribution >= 0.6 is 0 Å². The molecule has 2 saturated heterocycles. The van der Waals surface area contributed by atoms with E-state index in [0.717, 1.165) is 32.8 Å². The summed E-state index contributed by atoms with van der Waals surface area (Å²) in [5.41, 5.74) is 2.45. The number of likely N-dealkylation sites (tertiary alicyclic amines) is 1. The van der Waals surface area contributed by atoms with Crippen LogP contribution in [-0.2, 0) is 21.1 Å². The minimum Gasteiger partial charge on any atom is -0.378 e. The number of hydrogen-bond donors (Lipinski definition) is 0. The van der Waals surface area contributed by atoms with Crippen LogP contribution in [0.1, 0.15) is 5.56 Å². The molecule has 6 heteroatoms. The van der Waals surface area contributed by atoms with E-state index in [2.05, 4.69) is 34.1 Å². The Morgan fingerprint density at radius 3 is 2.23 bits per heavy atom. The maximum absolute atomic E-state index is 12.6. The van der Waals surface area contributed by atoms with Gasteiger partial charge in [-0.15, -0.1) is 0 Å². The molecule has 0 unspecified atom stereocenters. The van der Waals surface area contributed by atoms with Crippen molar-refractivity contribution in [3.05, 3.63) is 60.2 Å². The Kier molecular flexibility index (Phi) is 4.98. The summed E-state index contributed by atoms with van der Waals surface area (Å²) in [6.07, 6.45) is 0. The predicted molar refractivity (Wildman–Crippen MR) is 102 cm³/mol. The lowest BCUT2D eigenvalue weighted by molar-refractivity contribution is 0.122. The van der Waals surface area contributed by atoms with Crippen molar-refractivity contribution in [2.75, 3.05) is 44.3 Å². The van der Waals surface area contributed by atoms with E-state index >= 15 is 0 Å². The Balaban J connectivity index is 1.33. The maximum atomic E-state index is 12.6. The molecule has 0 atom stereocenters. The molecule has 0 saturated carbocycles. The molecule has 0 bridgehead atoms. The van der Waals surface area contributed by atoms with Gasteiger partial charge in [-0.2, -0.15) is 0 Å². The van der Waals surface area contributed by atoms with Gasteiger partial charge in [0.15, 0.2) is 9.84 Å². The number of morpholine rings is 1. The van der Waals surface area contributed by atoms with Gasteiger partial charge in [0.05, 0.1) is 23.4 Å². The van der Waals surface area contributed by atoms with Crippen LogP contribution in [0, 0.1) is 0 Å². The number of benzene rings is 2. The van der Waals surface area contributed by atoms with Gasteiger partial charge in [-0.05, 0) is 29.8 Å². The number of nitrogens with zero attached hydrogens (tertiary/aromatic N) is 2. The van der Waals surface area contributed by atoms with E-state index in [1.54, 1.807) is 24.3 Å². The molecule has 2 aliphatic rings. The highest BCUT2D eigenvalue weighted by Crippen LogP contribution is 2.25. The van der Waals surface area contributed by atoms with Crippen LogP contribution in [-0.4, -0.2) is 58.0 Å². The second-order valence-electron chi connectivity index (χ2n) is 6.94. The number of ether oxygens (including phenoxy) is 1. The van der Waals surface area contributed by atoms with Gasteiger partial charge < -0.3 is 9.64 Å². The molecule has 4 rings (SSSR count). The summed E-state index contributed by atoms with van der Waals surface area (Å²) in [5.74, 6) is 0. The molecule has 26 heavy (non-hydrogen) atoms. The molecule has 0 radical (unpaired) electrons. The molecule has 0 spiro atoms. The van der Waals surface area contributed by atoms with Gasteiger partial charge in [0.1, 0.15) is 0 Å². The Morgan fingerprint density at radius 2 is 1.58 bits per heavy atom. The third kappa shape index (κ3) is 3.63. The molecule has 0 aromatic heterocycles. The normalized spacial score (nSPS) is 19.3. The zero-order valence-electron chi connectivity index (χ0n) is 14.8. The van der Waals surface area contributed by atoms with Crippen molar-refractivity contribution in [2.45, 2.75) is 16.7 Å². The zero-order valence-corrected chi connectivity index (χ0v) is 15.6. The second-order valence-corrected chi connectivity index (χ2v) is 9.17. The fourth-order valence-electron chi connectivity index (χ4n) is 3.54. The Bertz CT molecular complexity index is 825. The molecular weight excluding hydrogens is 348 g/mol. The van der Waals surface area contributed by atoms with Crippen molar-refractivity contribution >= 4 is 15.5 Å². The molecule has 2 aromatic carbocycles. The van der Waals surface area contributed by atoms with E-state index in [4.69, 9.17) is 4.74 Å².